The molecule has 3 fully saturated rings. The third-order valence-electron chi connectivity index (χ3n) is 7.77. The summed E-state index contributed by atoms with van der Waals surface area (Å²) in [5.74, 6) is 2.76. The van der Waals surface area contributed by atoms with Gasteiger partial charge in [0.15, 0.2) is 0 Å². The van der Waals surface area contributed by atoms with Crippen molar-refractivity contribution in [3.63, 3.8) is 0 Å². The fourth-order valence-electron chi connectivity index (χ4n) is 5.27. The van der Waals surface area contributed by atoms with Crippen LogP contribution in [-0.4, -0.2) is 47.4 Å². The zero-order chi connectivity index (χ0) is 24.1. The van der Waals surface area contributed by atoms with Crippen molar-refractivity contribution in [3.8, 4) is 0 Å². The van der Waals surface area contributed by atoms with Crippen LogP contribution in [0.1, 0.15) is 142 Å². The van der Waals surface area contributed by atoms with Crippen LogP contribution in [0.2, 0.25) is 0 Å². The molecule has 4 heteroatoms. The molecule has 2 heterocycles. The van der Waals surface area contributed by atoms with E-state index in [1.807, 2.05) is 0 Å². The Labute approximate surface area is 222 Å². The molecule has 0 spiro atoms. The number of unbranched alkanes of at least 4 members (excludes halogenated alkanes) is 6. The lowest BCUT2D eigenvalue weighted by atomic mass is 10.0. The number of rotatable bonds is 17. The molecule has 0 amide bonds. The predicted octanol–water partition coefficient (Wildman–Crippen LogP) is 9.83. The maximum absolute atomic E-state index is 5.75. The topological polar surface area (TPSA) is 18.5 Å². The number of thioether (sulfide) groups is 2. The first-order valence-corrected chi connectivity index (χ1v) is 17.3. The molecule has 2 saturated heterocycles. The van der Waals surface area contributed by atoms with E-state index in [1.165, 1.54) is 140 Å². The van der Waals surface area contributed by atoms with Gasteiger partial charge in [-0.25, -0.2) is 0 Å². The van der Waals surface area contributed by atoms with Crippen LogP contribution in [0.5, 0.6) is 0 Å². The lowest BCUT2D eigenvalue weighted by Gasteiger charge is -2.22. The van der Waals surface area contributed by atoms with Crippen molar-refractivity contribution < 1.29 is 9.47 Å². The normalized spacial score (nSPS) is 24.2. The van der Waals surface area contributed by atoms with Gasteiger partial charge in [0, 0.05) is 23.7 Å². The van der Waals surface area contributed by atoms with Gasteiger partial charge < -0.3 is 9.47 Å². The molecular weight excluding hydrogens is 456 g/mol. The van der Waals surface area contributed by atoms with Crippen LogP contribution in [0.15, 0.2) is 0 Å². The van der Waals surface area contributed by atoms with Gasteiger partial charge in [-0.1, -0.05) is 65.2 Å². The minimum atomic E-state index is 0.596. The molecule has 0 aromatic carbocycles. The van der Waals surface area contributed by atoms with Gasteiger partial charge in [-0.2, -0.15) is 23.5 Å². The van der Waals surface area contributed by atoms with Crippen molar-refractivity contribution in [1.82, 2.24) is 0 Å². The molecular formula is C30H58O2S2. The summed E-state index contributed by atoms with van der Waals surface area (Å²) in [5, 5.41) is 1.87. The van der Waals surface area contributed by atoms with Crippen molar-refractivity contribution in [2.24, 2.45) is 0 Å². The van der Waals surface area contributed by atoms with Crippen molar-refractivity contribution in [1.29, 1.82) is 0 Å². The molecule has 0 bridgehead atoms. The van der Waals surface area contributed by atoms with E-state index in [4.69, 9.17) is 9.47 Å². The van der Waals surface area contributed by atoms with Crippen molar-refractivity contribution >= 4 is 23.5 Å². The molecule has 1 saturated carbocycles. The summed E-state index contributed by atoms with van der Waals surface area (Å²) in [4.78, 5) is 0. The first-order chi connectivity index (χ1) is 16.8. The Bertz CT molecular complexity index is 410. The SMILES string of the molecule is C(CCCC1CCCO1)CCSC1CCCC1.CCC(C)SCCCCCCC1CCCCO1. The molecule has 0 radical (unpaired) electrons. The molecule has 2 aliphatic heterocycles. The maximum Gasteiger partial charge on any atom is 0.0576 e. The predicted molar refractivity (Wildman–Crippen MR) is 156 cm³/mol. The van der Waals surface area contributed by atoms with E-state index in [-0.39, 0.29) is 0 Å². The van der Waals surface area contributed by atoms with Crippen molar-refractivity contribution in [2.45, 2.75) is 165 Å². The molecule has 3 aliphatic rings. The van der Waals surface area contributed by atoms with Crippen LogP contribution in [0, 0.1) is 0 Å². The number of hydrogen-bond donors (Lipinski definition) is 0. The molecule has 34 heavy (non-hydrogen) atoms. The molecule has 0 aromatic heterocycles. The summed E-state index contributed by atoms with van der Waals surface area (Å²) >= 11 is 4.38. The molecule has 0 N–H and O–H groups in total. The van der Waals surface area contributed by atoms with Crippen LogP contribution in [0.4, 0.5) is 0 Å². The van der Waals surface area contributed by atoms with Gasteiger partial charge in [-0.3, -0.25) is 0 Å². The zero-order valence-corrected chi connectivity index (χ0v) is 24.5. The molecule has 3 rings (SSSR count). The molecule has 202 valence electrons. The summed E-state index contributed by atoms with van der Waals surface area (Å²) in [7, 11) is 0. The molecule has 1 aliphatic carbocycles. The summed E-state index contributed by atoms with van der Waals surface area (Å²) < 4.78 is 11.4. The largest absolute Gasteiger partial charge is 0.378 e. The van der Waals surface area contributed by atoms with Crippen LogP contribution in [0.25, 0.3) is 0 Å². The molecule has 3 unspecified atom stereocenters. The third-order valence-corrected chi connectivity index (χ3v) is 10.7. The van der Waals surface area contributed by atoms with E-state index in [0.29, 0.717) is 12.2 Å². The first-order valence-electron chi connectivity index (χ1n) is 15.2. The van der Waals surface area contributed by atoms with Crippen molar-refractivity contribution in [3.05, 3.63) is 0 Å². The Morgan fingerprint density at radius 3 is 1.76 bits per heavy atom. The number of hydrogen-bond acceptors (Lipinski definition) is 4. The smallest absolute Gasteiger partial charge is 0.0576 e. The summed E-state index contributed by atoms with van der Waals surface area (Å²) in [6, 6.07) is 0. The maximum atomic E-state index is 5.75. The lowest BCUT2D eigenvalue weighted by molar-refractivity contribution is 0.00979. The molecule has 2 nitrogen and oxygen atoms in total. The minimum absolute atomic E-state index is 0.596. The van der Waals surface area contributed by atoms with Gasteiger partial charge in [0.1, 0.15) is 0 Å². The Morgan fingerprint density at radius 2 is 1.21 bits per heavy atom. The quantitative estimate of drug-likeness (QED) is 0.180. The lowest BCUT2D eigenvalue weighted by Crippen LogP contribution is -2.18. The van der Waals surface area contributed by atoms with Crippen LogP contribution in [0.3, 0.4) is 0 Å². The van der Waals surface area contributed by atoms with Gasteiger partial charge in [-0.15, -0.1) is 0 Å². The van der Waals surface area contributed by atoms with Gasteiger partial charge in [0.05, 0.1) is 12.2 Å². The van der Waals surface area contributed by atoms with Gasteiger partial charge in [0.25, 0.3) is 0 Å². The highest BCUT2D eigenvalue weighted by Crippen LogP contribution is 2.30. The zero-order valence-electron chi connectivity index (χ0n) is 22.9. The standard InChI is InChI=1S/C15H28OS.C15H30OS/c1(3-8-14-9-7-12-16-14)2-6-13-17-15-10-4-5-11-15;1-3-14(2)17-13-9-5-4-6-10-15-11-7-8-12-16-15/h14-15H,1-13H2;14-15H,3-13H2,1-2H3. The second-order valence-electron chi connectivity index (χ2n) is 10.9. The Balaban J connectivity index is 0.000000240. The van der Waals surface area contributed by atoms with E-state index < -0.39 is 0 Å². The second-order valence-corrected chi connectivity index (χ2v) is 13.9. The van der Waals surface area contributed by atoms with Crippen LogP contribution >= 0.6 is 23.5 Å². The Hall–Kier alpha value is 0.620. The Morgan fingerprint density at radius 1 is 0.647 bits per heavy atom. The fraction of sp³-hybridized carbons (Fsp3) is 1.00. The first kappa shape index (κ1) is 30.8. The number of ether oxygens (including phenoxy) is 2. The second kappa shape index (κ2) is 21.7. The summed E-state index contributed by atoms with van der Waals surface area (Å²) in [6.07, 6.45) is 29.0. The highest BCUT2D eigenvalue weighted by atomic mass is 32.2. The highest BCUT2D eigenvalue weighted by Gasteiger charge is 2.16. The third kappa shape index (κ3) is 16.4. The average molecular weight is 515 g/mol. The van der Waals surface area contributed by atoms with Gasteiger partial charge >= 0.3 is 0 Å². The monoisotopic (exact) mass is 514 g/mol. The Kier molecular flexibility index (Phi) is 19.7. The molecule has 3 atom stereocenters. The fourth-order valence-corrected chi connectivity index (χ4v) is 7.65. The van der Waals surface area contributed by atoms with Crippen LogP contribution < -0.4 is 0 Å². The van der Waals surface area contributed by atoms with Crippen LogP contribution in [-0.2, 0) is 9.47 Å². The van der Waals surface area contributed by atoms with E-state index in [2.05, 4.69) is 37.4 Å². The van der Waals surface area contributed by atoms with E-state index in [0.717, 1.165) is 23.7 Å². The minimum Gasteiger partial charge on any atom is -0.378 e. The van der Waals surface area contributed by atoms with E-state index in [9.17, 15) is 0 Å². The van der Waals surface area contributed by atoms with Gasteiger partial charge in [-0.05, 0) is 88.6 Å². The van der Waals surface area contributed by atoms with Crippen molar-refractivity contribution in [2.75, 3.05) is 24.7 Å². The highest BCUT2D eigenvalue weighted by molar-refractivity contribution is 8.00. The average Bonchev–Trinajstić information content (AvgIpc) is 3.58. The van der Waals surface area contributed by atoms with E-state index >= 15 is 0 Å². The van der Waals surface area contributed by atoms with E-state index in [1.54, 1.807) is 0 Å². The molecule has 0 aromatic rings. The summed E-state index contributed by atoms with van der Waals surface area (Å²) in [6.45, 7) is 6.64. The van der Waals surface area contributed by atoms with Gasteiger partial charge in [0.2, 0.25) is 0 Å². The summed E-state index contributed by atoms with van der Waals surface area (Å²) in [5.41, 5.74) is 0.